The molecule has 1 N–H and O–H groups in total. The van der Waals surface area contributed by atoms with Crippen molar-refractivity contribution in [2.45, 2.75) is 32.2 Å². The van der Waals surface area contributed by atoms with Crippen molar-refractivity contribution in [1.29, 1.82) is 0 Å². The summed E-state index contributed by atoms with van der Waals surface area (Å²) in [4.78, 5) is 38.8. The number of amides is 1. The van der Waals surface area contributed by atoms with E-state index < -0.39 is 0 Å². The lowest BCUT2D eigenvalue weighted by atomic mass is 9.90. The fourth-order valence-corrected chi connectivity index (χ4v) is 4.77. The molecular weight excluding hydrogens is 340 g/mol. The first-order valence-corrected chi connectivity index (χ1v) is 9.66. The lowest BCUT2D eigenvalue weighted by Gasteiger charge is -2.29. The molecule has 3 aliphatic rings. The molecule has 6 heteroatoms. The first-order chi connectivity index (χ1) is 13.2. The third-order valence-corrected chi connectivity index (χ3v) is 6.21. The van der Waals surface area contributed by atoms with Crippen LogP contribution in [0, 0.1) is 17.8 Å². The predicted molar refractivity (Wildman–Crippen MR) is 101 cm³/mol. The van der Waals surface area contributed by atoms with Gasteiger partial charge in [0, 0.05) is 36.5 Å². The number of fused-ring (bicyclic) bond motifs is 3. The number of hydrogen-bond donors (Lipinski definition) is 1. The summed E-state index contributed by atoms with van der Waals surface area (Å²) in [6.45, 7) is 1.02. The van der Waals surface area contributed by atoms with Crippen LogP contribution in [0.15, 0.2) is 41.5 Å². The number of aromatic nitrogens is 3. The molecule has 3 heterocycles. The summed E-state index contributed by atoms with van der Waals surface area (Å²) in [7, 11) is 0. The Hall–Kier alpha value is -2.76. The van der Waals surface area contributed by atoms with Gasteiger partial charge >= 0.3 is 0 Å². The van der Waals surface area contributed by atoms with Crippen LogP contribution in [0.5, 0.6) is 0 Å². The van der Waals surface area contributed by atoms with Crippen molar-refractivity contribution >= 4 is 5.91 Å². The third-order valence-electron chi connectivity index (χ3n) is 6.21. The van der Waals surface area contributed by atoms with Crippen LogP contribution in [0.1, 0.15) is 30.5 Å². The summed E-state index contributed by atoms with van der Waals surface area (Å²) in [5.74, 6) is 2.44. The van der Waals surface area contributed by atoms with Crippen LogP contribution in [0.3, 0.4) is 0 Å². The van der Waals surface area contributed by atoms with E-state index in [0.29, 0.717) is 60.8 Å². The second-order valence-electron chi connectivity index (χ2n) is 7.89. The monoisotopic (exact) mass is 362 g/mol. The van der Waals surface area contributed by atoms with Gasteiger partial charge < -0.3 is 9.88 Å². The number of carbonyl (C=O) groups is 1. The number of nitrogens with zero attached hydrogens (tertiary/aromatic N) is 3. The number of nitrogens with one attached hydrogen (secondary N) is 1. The second-order valence-corrected chi connectivity index (χ2v) is 7.89. The lowest BCUT2D eigenvalue weighted by Crippen LogP contribution is -2.40. The van der Waals surface area contributed by atoms with E-state index in [1.54, 1.807) is 12.4 Å². The van der Waals surface area contributed by atoms with Gasteiger partial charge in [0.1, 0.15) is 5.82 Å². The van der Waals surface area contributed by atoms with Crippen molar-refractivity contribution < 1.29 is 4.79 Å². The van der Waals surface area contributed by atoms with E-state index in [2.05, 4.69) is 27.1 Å². The Balaban J connectivity index is 1.35. The molecule has 0 saturated heterocycles. The van der Waals surface area contributed by atoms with Gasteiger partial charge in [0.05, 0.1) is 12.2 Å². The topological polar surface area (TPSA) is 79.0 Å². The van der Waals surface area contributed by atoms with E-state index >= 15 is 0 Å². The molecule has 2 bridgehead atoms. The molecule has 1 fully saturated rings. The van der Waals surface area contributed by atoms with Crippen molar-refractivity contribution in [2.75, 3.05) is 6.54 Å². The van der Waals surface area contributed by atoms with Crippen molar-refractivity contribution in [3.05, 3.63) is 58.3 Å². The van der Waals surface area contributed by atoms with E-state index in [1.807, 2.05) is 17.0 Å². The molecule has 0 aromatic carbocycles. The largest absolute Gasteiger partial charge is 0.336 e. The van der Waals surface area contributed by atoms with E-state index in [0.717, 1.165) is 12.0 Å². The standard InChI is InChI=1S/C21H22N4O2/c26-19(10-16-9-13-3-4-14(16)8-13)25-7-5-17-18(12-25)23-20(24-21(17)27)15-2-1-6-22-11-15/h1-4,6,11,13-14,16H,5,7-10,12H2,(H,23,24,27)/t13-,14+,16+/m1/s1. The molecule has 2 aromatic heterocycles. The average molecular weight is 362 g/mol. The van der Waals surface area contributed by atoms with Gasteiger partial charge in [-0.15, -0.1) is 0 Å². The Bertz CT molecular complexity index is 966. The maximum atomic E-state index is 12.9. The molecule has 1 saturated carbocycles. The number of hydrogen-bond acceptors (Lipinski definition) is 4. The van der Waals surface area contributed by atoms with Gasteiger partial charge in [-0.1, -0.05) is 12.2 Å². The number of carbonyl (C=O) groups excluding carboxylic acids is 1. The van der Waals surface area contributed by atoms with Crippen molar-refractivity contribution in [2.24, 2.45) is 17.8 Å². The SMILES string of the molecule is O=C(C[C@@H]1C[C@@H]2C=C[C@H]1C2)N1CCc2c(nc(-c3cccnc3)[nH]c2=O)C1. The van der Waals surface area contributed by atoms with Crippen LogP contribution in [-0.2, 0) is 17.8 Å². The molecule has 1 amide bonds. The normalized spacial score (nSPS) is 25.6. The second kappa shape index (κ2) is 6.44. The van der Waals surface area contributed by atoms with E-state index in [4.69, 9.17) is 0 Å². The zero-order valence-corrected chi connectivity index (χ0v) is 15.1. The summed E-state index contributed by atoms with van der Waals surface area (Å²) in [6.07, 6.45) is 11.5. The molecule has 0 unspecified atom stereocenters. The molecule has 2 aliphatic carbocycles. The van der Waals surface area contributed by atoms with Crippen LogP contribution in [-0.4, -0.2) is 32.3 Å². The molecule has 5 rings (SSSR count). The average Bonchev–Trinajstić information content (AvgIpc) is 3.31. The molecule has 6 nitrogen and oxygen atoms in total. The Morgan fingerprint density at radius 1 is 1.30 bits per heavy atom. The molecule has 2 aromatic rings. The van der Waals surface area contributed by atoms with Gasteiger partial charge in [-0.3, -0.25) is 14.6 Å². The third kappa shape index (κ3) is 2.99. The maximum absolute atomic E-state index is 12.9. The van der Waals surface area contributed by atoms with E-state index in [-0.39, 0.29) is 11.5 Å². The van der Waals surface area contributed by atoms with Crippen LogP contribution < -0.4 is 5.56 Å². The lowest BCUT2D eigenvalue weighted by molar-refractivity contribution is -0.133. The molecule has 0 radical (unpaired) electrons. The smallest absolute Gasteiger partial charge is 0.254 e. The minimum absolute atomic E-state index is 0.107. The summed E-state index contributed by atoms with van der Waals surface area (Å²) in [6, 6.07) is 3.68. The van der Waals surface area contributed by atoms with Crippen molar-refractivity contribution in [3.8, 4) is 11.4 Å². The quantitative estimate of drug-likeness (QED) is 0.850. The van der Waals surface area contributed by atoms with E-state index in [9.17, 15) is 9.59 Å². The highest BCUT2D eigenvalue weighted by molar-refractivity contribution is 5.77. The Morgan fingerprint density at radius 2 is 2.22 bits per heavy atom. The highest BCUT2D eigenvalue weighted by Crippen LogP contribution is 2.45. The Kier molecular flexibility index (Phi) is 3.92. The number of pyridine rings is 1. The molecule has 138 valence electrons. The molecular formula is C21H22N4O2. The number of H-pyrrole nitrogens is 1. The van der Waals surface area contributed by atoms with Gasteiger partial charge in [0.25, 0.3) is 5.56 Å². The van der Waals surface area contributed by atoms with Gasteiger partial charge in [-0.25, -0.2) is 4.98 Å². The molecule has 1 aliphatic heterocycles. The Morgan fingerprint density at radius 3 is 2.96 bits per heavy atom. The highest BCUT2D eigenvalue weighted by Gasteiger charge is 2.37. The van der Waals surface area contributed by atoms with Crippen LogP contribution in [0.2, 0.25) is 0 Å². The zero-order chi connectivity index (χ0) is 18.4. The number of aromatic amines is 1. The molecule has 27 heavy (non-hydrogen) atoms. The van der Waals surface area contributed by atoms with E-state index in [1.165, 1.54) is 6.42 Å². The fraction of sp³-hybridized carbons (Fsp3) is 0.429. The van der Waals surface area contributed by atoms with Gasteiger partial charge in [-0.2, -0.15) is 0 Å². The number of rotatable bonds is 3. The van der Waals surface area contributed by atoms with Crippen molar-refractivity contribution in [1.82, 2.24) is 19.9 Å². The van der Waals surface area contributed by atoms with Crippen LogP contribution >= 0.6 is 0 Å². The van der Waals surface area contributed by atoms with Gasteiger partial charge in [-0.05, 0) is 49.1 Å². The minimum atomic E-state index is -0.107. The van der Waals surface area contributed by atoms with Gasteiger partial charge in [0.2, 0.25) is 5.91 Å². The predicted octanol–water partition coefficient (Wildman–Crippen LogP) is 2.32. The maximum Gasteiger partial charge on any atom is 0.254 e. The van der Waals surface area contributed by atoms with Gasteiger partial charge in [0.15, 0.2) is 0 Å². The fourth-order valence-electron chi connectivity index (χ4n) is 4.77. The minimum Gasteiger partial charge on any atom is -0.336 e. The summed E-state index contributed by atoms with van der Waals surface area (Å²) in [5.41, 5.74) is 2.08. The highest BCUT2D eigenvalue weighted by atomic mass is 16.2. The molecule has 0 spiro atoms. The first kappa shape index (κ1) is 16.4. The molecule has 3 atom stereocenters. The first-order valence-electron chi connectivity index (χ1n) is 9.66. The number of allylic oxidation sites excluding steroid dienone is 2. The summed E-state index contributed by atoms with van der Waals surface area (Å²) in [5, 5.41) is 0. The zero-order valence-electron chi connectivity index (χ0n) is 15.1. The van der Waals surface area contributed by atoms with Crippen molar-refractivity contribution in [3.63, 3.8) is 0 Å². The summed E-state index contributed by atoms with van der Waals surface area (Å²) < 4.78 is 0. The Labute approximate surface area is 157 Å². The summed E-state index contributed by atoms with van der Waals surface area (Å²) >= 11 is 0. The van der Waals surface area contributed by atoms with Crippen LogP contribution in [0.4, 0.5) is 0 Å². The van der Waals surface area contributed by atoms with Crippen LogP contribution in [0.25, 0.3) is 11.4 Å².